The third-order valence-corrected chi connectivity index (χ3v) is 4.99. The summed E-state index contributed by atoms with van der Waals surface area (Å²) in [6.07, 6.45) is 0. The third kappa shape index (κ3) is 3.89. The Kier molecular flexibility index (Phi) is 5.32. The van der Waals surface area contributed by atoms with Gasteiger partial charge in [-0.1, -0.05) is 34.8 Å². The molecule has 9 heteroatoms. The summed E-state index contributed by atoms with van der Waals surface area (Å²) in [6.45, 7) is 0.656. The fourth-order valence-corrected chi connectivity index (χ4v) is 3.08. The molecule has 0 saturated carbocycles. The number of halogens is 3. The molecular weight excluding hydrogens is 337 g/mol. The zero-order valence-corrected chi connectivity index (χ0v) is 12.8. The van der Waals surface area contributed by atoms with Gasteiger partial charge >= 0.3 is 5.97 Å². The van der Waals surface area contributed by atoms with E-state index in [0.717, 1.165) is 0 Å². The van der Waals surface area contributed by atoms with E-state index in [4.69, 9.17) is 39.9 Å². The molecule has 0 aliphatic heterocycles. The fraction of sp³-hybridized carbons (Fsp3) is 0.300. The molecule has 0 fully saturated rings. The summed E-state index contributed by atoms with van der Waals surface area (Å²) in [5.74, 6) is -1.57. The average Bonchev–Trinajstić information content (AvgIpc) is 2.31. The monoisotopic (exact) mass is 345 g/mol. The second-order valence-corrected chi connectivity index (χ2v) is 6.92. The minimum atomic E-state index is -3.79. The van der Waals surface area contributed by atoms with Crippen molar-refractivity contribution in [2.45, 2.75) is 6.92 Å². The maximum Gasteiger partial charge on any atom is 0.324 e. The van der Waals surface area contributed by atoms with Gasteiger partial charge in [0.2, 0.25) is 10.0 Å². The molecule has 0 saturated heterocycles. The van der Waals surface area contributed by atoms with Crippen LogP contribution in [0.3, 0.4) is 0 Å². The van der Waals surface area contributed by atoms with E-state index in [1.807, 2.05) is 0 Å². The highest BCUT2D eigenvalue weighted by Gasteiger charge is 2.26. The van der Waals surface area contributed by atoms with Gasteiger partial charge in [-0.05, 0) is 19.1 Å². The number of carboxylic acid groups (broad SMARTS) is 1. The minimum Gasteiger partial charge on any atom is -0.480 e. The van der Waals surface area contributed by atoms with Crippen LogP contribution < -0.4 is 4.31 Å². The van der Waals surface area contributed by atoms with Gasteiger partial charge in [-0.15, -0.1) is 0 Å². The molecule has 0 spiro atoms. The Hall–Kier alpha value is -0.690. The van der Waals surface area contributed by atoms with Crippen molar-refractivity contribution in [3.05, 3.63) is 27.2 Å². The molecule has 1 aromatic carbocycles. The Morgan fingerprint density at radius 1 is 1.21 bits per heavy atom. The quantitative estimate of drug-likeness (QED) is 0.832. The zero-order valence-electron chi connectivity index (χ0n) is 9.73. The molecule has 19 heavy (non-hydrogen) atoms. The zero-order chi connectivity index (χ0) is 14.8. The van der Waals surface area contributed by atoms with Crippen LogP contribution in [0.5, 0.6) is 0 Å². The highest BCUT2D eigenvalue weighted by atomic mass is 35.5. The first-order chi connectivity index (χ1) is 8.69. The van der Waals surface area contributed by atoms with Crippen molar-refractivity contribution in [2.24, 2.45) is 0 Å². The lowest BCUT2D eigenvalue weighted by Crippen LogP contribution is -2.37. The topological polar surface area (TPSA) is 74.7 Å². The van der Waals surface area contributed by atoms with Crippen LogP contribution in [-0.2, 0) is 14.8 Å². The molecule has 1 rings (SSSR count). The van der Waals surface area contributed by atoms with E-state index in [2.05, 4.69) is 0 Å². The molecule has 0 heterocycles. The molecule has 1 aromatic rings. The Bertz CT molecular complexity index is 603. The minimum absolute atomic E-state index is 0.00711. The van der Waals surface area contributed by atoms with E-state index in [-0.39, 0.29) is 26.5 Å². The Labute approximate surface area is 125 Å². The molecule has 5 nitrogen and oxygen atoms in total. The van der Waals surface area contributed by atoms with E-state index in [0.29, 0.717) is 4.31 Å². The summed E-state index contributed by atoms with van der Waals surface area (Å²) in [6, 6.07) is 2.49. The van der Waals surface area contributed by atoms with Gasteiger partial charge in [0, 0.05) is 0 Å². The lowest BCUT2D eigenvalue weighted by molar-refractivity contribution is -0.135. The molecule has 0 aliphatic carbocycles. The standard InChI is InChI=1S/C10H10Cl3NO4S/c1-2-19(17,18)14(5-10(15)16)9-4-7(12)6(11)3-8(9)13/h3-4H,2,5H2,1H3,(H,15,16). The first-order valence-corrected chi connectivity index (χ1v) is 7.80. The first kappa shape index (κ1) is 16.4. The number of sulfonamides is 1. The number of rotatable bonds is 5. The highest BCUT2D eigenvalue weighted by molar-refractivity contribution is 7.92. The van der Waals surface area contributed by atoms with Crippen molar-refractivity contribution >= 4 is 56.5 Å². The molecule has 106 valence electrons. The van der Waals surface area contributed by atoms with Crippen molar-refractivity contribution in [2.75, 3.05) is 16.6 Å². The van der Waals surface area contributed by atoms with Crippen molar-refractivity contribution in [1.82, 2.24) is 0 Å². The molecule has 0 unspecified atom stereocenters. The van der Waals surface area contributed by atoms with Gasteiger partial charge in [0.25, 0.3) is 0 Å². The van der Waals surface area contributed by atoms with Crippen LogP contribution in [0.1, 0.15) is 6.92 Å². The maximum absolute atomic E-state index is 11.9. The van der Waals surface area contributed by atoms with Crippen LogP contribution in [0.25, 0.3) is 0 Å². The van der Waals surface area contributed by atoms with Crippen LogP contribution in [-0.4, -0.2) is 31.8 Å². The maximum atomic E-state index is 11.9. The van der Waals surface area contributed by atoms with Gasteiger partial charge in [-0.3, -0.25) is 9.10 Å². The summed E-state index contributed by atoms with van der Waals surface area (Å²) >= 11 is 17.4. The van der Waals surface area contributed by atoms with Gasteiger partial charge in [-0.2, -0.15) is 0 Å². The van der Waals surface area contributed by atoms with Crippen LogP contribution in [0, 0.1) is 0 Å². The largest absolute Gasteiger partial charge is 0.480 e. The fourth-order valence-electron chi connectivity index (χ4n) is 1.32. The molecule has 0 atom stereocenters. The first-order valence-electron chi connectivity index (χ1n) is 5.05. The number of benzene rings is 1. The number of aliphatic carboxylic acids is 1. The lowest BCUT2D eigenvalue weighted by Gasteiger charge is -2.23. The second kappa shape index (κ2) is 6.17. The molecule has 1 N–H and O–H groups in total. The predicted molar refractivity (Wildman–Crippen MR) is 75.9 cm³/mol. The molecule has 0 bridgehead atoms. The predicted octanol–water partition coefficient (Wildman–Crippen LogP) is 2.89. The number of carboxylic acids is 1. The number of hydrogen-bond donors (Lipinski definition) is 1. The Morgan fingerprint density at radius 2 is 1.74 bits per heavy atom. The summed E-state index contributed by atoms with van der Waals surface area (Å²) in [4.78, 5) is 10.8. The van der Waals surface area contributed by atoms with Crippen LogP contribution in [0.15, 0.2) is 12.1 Å². The van der Waals surface area contributed by atoms with Crippen molar-refractivity contribution in [1.29, 1.82) is 0 Å². The van der Waals surface area contributed by atoms with Crippen LogP contribution in [0.4, 0.5) is 5.69 Å². The van der Waals surface area contributed by atoms with Crippen LogP contribution >= 0.6 is 34.8 Å². The molecule has 0 radical (unpaired) electrons. The summed E-state index contributed by atoms with van der Waals surface area (Å²) < 4.78 is 24.5. The smallest absolute Gasteiger partial charge is 0.324 e. The van der Waals surface area contributed by atoms with E-state index in [1.54, 1.807) is 0 Å². The van der Waals surface area contributed by atoms with Crippen molar-refractivity contribution < 1.29 is 18.3 Å². The third-order valence-electron chi connectivity index (χ3n) is 2.24. The molecule has 0 amide bonds. The van der Waals surface area contributed by atoms with Gasteiger partial charge < -0.3 is 5.11 Å². The van der Waals surface area contributed by atoms with Gasteiger partial charge in [0.1, 0.15) is 6.54 Å². The molecular formula is C10H10Cl3NO4S. The van der Waals surface area contributed by atoms with Gasteiger partial charge in [0.15, 0.2) is 0 Å². The number of hydrogen-bond acceptors (Lipinski definition) is 3. The van der Waals surface area contributed by atoms with Crippen LogP contribution in [0.2, 0.25) is 15.1 Å². The normalized spacial score (nSPS) is 11.4. The second-order valence-electron chi connectivity index (χ2n) is 3.52. The summed E-state index contributed by atoms with van der Waals surface area (Å²) in [7, 11) is -3.79. The average molecular weight is 347 g/mol. The van der Waals surface area contributed by atoms with E-state index in [9.17, 15) is 13.2 Å². The highest BCUT2D eigenvalue weighted by Crippen LogP contribution is 2.35. The molecule has 0 aliphatic rings. The van der Waals surface area contributed by atoms with Gasteiger partial charge in [0.05, 0.1) is 26.5 Å². The Balaban J connectivity index is 3.41. The lowest BCUT2D eigenvalue weighted by atomic mass is 10.3. The van der Waals surface area contributed by atoms with E-state index >= 15 is 0 Å². The van der Waals surface area contributed by atoms with Crippen molar-refractivity contribution in [3.63, 3.8) is 0 Å². The Morgan fingerprint density at radius 3 is 2.21 bits per heavy atom. The van der Waals surface area contributed by atoms with Gasteiger partial charge in [-0.25, -0.2) is 8.42 Å². The number of carbonyl (C=O) groups is 1. The SMILES string of the molecule is CCS(=O)(=O)N(CC(=O)O)c1cc(Cl)c(Cl)cc1Cl. The number of anilines is 1. The number of nitrogens with zero attached hydrogens (tertiary/aromatic N) is 1. The summed E-state index contributed by atoms with van der Waals surface area (Å²) in [5.41, 5.74) is -0.0136. The summed E-state index contributed by atoms with van der Waals surface area (Å²) in [5, 5.41) is 9.06. The van der Waals surface area contributed by atoms with E-state index < -0.39 is 22.5 Å². The van der Waals surface area contributed by atoms with Crippen molar-refractivity contribution in [3.8, 4) is 0 Å². The molecule has 0 aromatic heterocycles. The van der Waals surface area contributed by atoms with E-state index in [1.165, 1.54) is 19.1 Å².